The number of nitriles is 1. The maximum atomic E-state index is 8.85. The number of hydrogen-bond acceptors (Lipinski definition) is 6. The van der Waals surface area contributed by atoms with Crippen LogP contribution in [0.1, 0.15) is 36.1 Å². The minimum Gasteiger partial charge on any atom is -0.339 e. The maximum absolute atomic E-state index is 8.85. The van der Waals surface area contributed by atoms with E-state index in [1.54, 1.807) is 12.3 Å². The highest BCUT2D eigenvalue weighted by molar-refractivity contribution is 5.55. The van der Waals surface area contributed by atoms with Gasteiger partial charge in [0.1, 0.15) is 23.4 Å². The highest BCUT2D eigenvalue weighted by atomic mass is 15.2. The van der Waals surface area contributed by atoms with Crippen molar-refractivity contribution in [2.24, 2.45) is 7.05 Å². The Labute approximate surface area is 158 Å². The summed E-state index contributed by atoms with van der Waals surface area (Å²) in [5, 5.41) is 12.1. The van der Waals surface area contributed by atoms with E-state index in [0.29, 0.717) is 11.7 Å². The van der Waals surface area contributed by atoms with Crippen molar-refractivity contribution >= 4 is 11.5 Å². The van der Waals surface area contributed by atoms with Crippen LogP contribution in [0.25, 0.3) is 0 Å². The molecular weight excluding hydrogens is 338 g/mol. The predicted molar refractivity (Wildman–Crippen MR) is 102 cm³/mol. The Morgan fingerprint density at radius 3 is 2.93 bits per heavy atom. The number of hydrogen-bond donors (Lipinski definition) is 1. The largest absolute Gasteiger partial charge is 0.339 e. The third-order valence-corrected chi connectivity index (χ3v) is 4.89. The zero-order valence-electron chi connectivity index (χ0n) is 15.2. The molecule has 7 nitrogen and oxygen atoms in total. The lowest BCUT2D eigenvalue weighted by molar-refractivity contribution is 0.236. The molecule has 3 aromatic heterocycles. The molecular formula is C20H21N7. The summed E-state index contributed by atoms with van der Waals surface area (Å²) in [4.78, 5) is 15.8. The summed E-state index contributed by atoms with van der Waals surface area (Å²) in [5.74, 6) is 1.85. The van der Waals surface area contributed by atoms with Gasteiger partial charge in [-0.15, -0.1) is 0 Å². The Bertz CT molecular complexity index is 955. The van der Waals surface area contributed by atoms with Crippen molar-refractivity contribution in [3.8, 4) is 6.07 Å². The molecule has 0 unspecified atom stereocenters. The van der Waals surface area contributed by atoms with E-state index in [4.69, 9.17) is 10.2 Å². The number of rotatable bonds is 5. The van der Waals surface area contributed by atoms with E-state index in [1.807, 2.05) is 43.7 Å². The van der Waals surface area contributed by atoms with Crippen LogP contribution in [-0.4, -0.2) is 31.0 Å². The quantitative estimate of drug-likeness (QED) is 0.753. The van der Waals surface area contributed by atoms with Gasteiger partial charge in [-0.25, -0.2) is 15.0 Å². The summed E-state index contributed by atoms with van der Waals surface area (Å²) in [6, 6.07) is 11.9. The lowest BCUT2D eigenvalue weighted by Crippen LogP contribution is -2.25. The lowest BCUT2D eigenvalue weighted by atomic mass is 10.1. The van der Waals surface area contributed by atoms with Gasteiger partial charge in [-0.3, -0.25) is 4.90 Å². The molecule has 0 radical (unpaired) electrons. The zero-order chi connectivity index (χ0) is 18.6. The Balaban J connectivity index is 1.50. The zero-order valence-corrected chi connectivity index (χ0v) is 15.2. The van der Waals surface area contributed by atoms with Crippen LogP contribution in [-0.2, 0) is 13.6 Å². The standard InChI is InChI=1S/C20H21N7/c1-26-11-9-22-20(26)14-27-10-3-5-18(27)17-4-2-6-19(25-17)24-16-8-7-15(12-21)23-13-16/h2,4,6-9,11,13,18H,3,5,10,14H2,1H3,(H,24,25)/t18-/m0/s1. The van der Waals surface area contributed by atoms with E-state index < -0.39 is 0 Å². The number of aryl methyl sites for hydroxylation is 1. The molecule has 1 aliphatic heterocycles. The second-order valence-corrected chi connectivity index (χ2v) is 6.70. The van der Waals surface area contributed by atoms with E-state index in [1.165, 1.54) is 0 Å². The van der Waals surface area contributed by atoms with Gasteiger partial charge in [-0.2, -0.15) is 5.26 Å². The first kappa shape index (κ1) is 17.2. The van der Waals surface area contributed by atoms with E-state index in [0.717, 1.165) is 49.0 Å². The van der Waals surface area contributed by atoms with Crippen LogP contribution in [0.15, 0.2) is 48.9 Å². The predicted octanol–water partition coefficient (Wildman–Crippen LogP) is 3.16. The molecule has 1 atom stereocenters. The van der Waals surface area contributed by atoms with Crippen LogP contribution >= 0.6 is 0 Å². The maximum Gasteiger partial charge on any atom is 0.140 e. The van der Waals surface area contributed by atoms with Gasteiger partial charge >= 0.3 is 0 Å². The molecule has 1 fully saturated rings. The second-order valence-electron chi connectivity index (χ2n) is 6.70. The molecule has 1 aliphatic rings. The molecule has 27 heavy (non-hydrogen) atoms. The van der Waals surface area contributed by atoms with Crippen LogP contribution in [0, 0.1) is 11.3 Å². The minimum atomic E-state index is 0.294. The van der Waals surface area contributed by atoms with Gasteiger partial charge in [0.15, 0.2) is 0 Å². The molecule has 136 valence electrons. The summed E-state index contributed by atoms with van der Waals surface area (Å²) in [7, 11) is 2.03. The Morgan fingerprint density at radius 2 is 2.19 bits per heavy atom. The van der Waals surface area contributed by atoms with Gasteiger partial charge < -0.3 is 9.88 Å². The number of aromatic nitrogens is 4. The number of nitrogens with one attached hydrogen (secondary N) is 1. The normalized spacial score (nSPS) is 17.0. The Hall–Kier alpha value is -3.24. The molecule has 1 N–H and O–H groups in total. The van der Waals surface area contributed by atoms with Gasteiger partial charge in [0.25, 0.3) is 0 Å². The van der Waals surface area contributed by atoms with E-state index in [9.17, 15) is 0 Å². The number of pyridine rings is 2. The smallest absolute Gasteiger partial charge is 0.140 e. The summed E-state index contributed by atoms with van der Waals surface area (Å²) >= 11 is 0. The SMILES string of the molecule is Cn1ccnc1CN1CCC[C@H]1c1cccc(Nc2ccc(C#N)nc2)n1. The lowest BCUT2D eigenvalue weighted by Gasteiger charge is -2.24. The molecule has 1 saturated heterocycles. The minimum absolute atomic E-state index is 0.294. The van der Waals surface area contributed by atoms with E-state index in [2.05, 4.69) is 30.8 Å². The third-order valence-electron chi connectivity index (χ3n) is 4.89. The highest BCUT2D eigenvalue weighted by Crippen LogP contribution is 2.32. The summed E-state index contributed by atoms with van der Waals surface area (Å²) in [6.45, 7) is 1.88. The molecule has 0 bridgehead atoms. The molecule has 0 saturated carbocycles. The number of anilines is 2. The van der Waals surface area contributed by atoms with Crippen LogP contribution in [0.5, 0.6) is 0 Å². The van der Waals surface area contributed by atoms with Crippen molar-refractivity contribution in [3.63, 3.8) is 0 Å². The fraction of sp³-hybridized carbons (Fsp3) is 0.300. The van der Waals surface area contributed by atoms with Crippen molar-refractivity contribution in [1.82, 2.24) is 24.4 Å². The van der Waals surface area contributed by atoms with E-state index in [-0.39, 0.29) is 0 Å². The van der Waals surface area contributed by atoms with Crippen molar-refractivity contribution in [2.75, 3.05) is 11.9 Å². The number of imidazole rings is 1. The van der Waals surface area contributed by atoms with Crippen molar-refractivity contribution < 1.29 is 0 Å². The van der Waals surface area contributed by atoms with Crippen LogP contribution < -0.4 is 5.32 Å². The summed E-state index contributed by atoms with van der Waals surface area (Å²) in [6.07, 6.45) is 7.73. The molecule has 4 heterocycles. The van der Waals surface area contributed by atoms with Crippen LogP contribution in [0.3, 0.4) is 0 Å². The summed E-state index contributed by atoms with van der Waals surface area (Å²) < 4.78 is 2.07. The third kappa shape index (κ3) is 3.81. The Kier molecular flexibility index (Phi) is 4.81. The molecule has 0 aliphatic carbocycles. The Morgan fingerprint density at radius 1 is 1.26 bits per heavy atom. The van der Waals surface area contributed by atoms with E-state index >= 15 is 0 Å². The first-order valence-electron chi connectivity index (χ1n) is 9.03. The highest BCUT2D eigenvalue weighted by Gasteiger charge is 2.28. The van der Waals surface area contributed by atoms with Gasteiger partial charge in [0.05, 0.1) is 30.2 Å². The molecule has 3 aromatic rings. The monoisotopic (exact) mass is 359 g/mol. The van der Waals surface area contributed by atoms with Crippen LogP contribution in [0.2, 0.25) is 0 Å². The number of nitrogens with zero attached hydrogens (tertiary/aromatic N) is 6. The molecule has 0 amide bonds. The van der Waals surface area contributed by atoms with Gasteiger partial charge in [-0.05, 0) is 43.7 Å². The molecule has 0 aromatic carbocycles. The fourth-order valence-electron chi connectivity index (χ4n) is 3.47. The summed E-state index contributed by atoms with van der Waals surface area (Å²) in [5.41, 5.74) is 2.28. The van der Waals surface area contributed by atoms with Crippen LogP contribution in [0.4, 0.5) is 11.5 Å². The molecule has 7 heteroatoms. The van der Waals surface area contributed by atoms with Crippen molar-refractivity contribution in [3.05, 3.63) is 66.1 Å². The van der Waals surface area contributed by atoms with Crippen molar-refractivity contribution in [2.45, 2.75) is 25.4 Å². The molecule has 0 spiro atoms. The van der Waals surface area contributed by atoms with Gasteiger partial charge in [-0.1, -0.05) is 6.07 Å². The number of likely N-dealkylation sites (tertiary alicyclic amines) is 1. The van der Waals surface area contributed by atoms with Gasteiger partial charge in [0.2, 0.25) is 0 Å². The topological polar surface area (TPSA) is 82.7 Å². The van der Waals surface area contributed by atoms with Gasteiger partial charge in [0, 0.05) is 19.4 Å². The second kappa shape index (κ2) is 7.56. The average molecular weight is 359 g/mol. The first-order chi connectivity index (χ1) is 13.2. The average Bonchev–Trinajstić information content (AvgIpc) is 3.32. The fourth-order valence-corrected chi connectivity index (χ4v) is 3.47. The molecule has 4 rings (SSSR count). The van der Waals surface area contributed by atoms with Crippen molar-refractivity contribution in [1.29, 1.82) is 5.26 Å². The first-order valence-corrected chi connectivity index (χ1v) is 9.03.